The van der Waals surface area contributed by atoms with E-state index in [0.717, 1.165) is 0 Å². The van der Waals surface area contributed by atoms with Gasteiger partial charge in [-0.3, -0.25) is 0 Å². The molecular weight excluding hydrogens is 861 g/mol. The normalized spacial score (nSPS) is 14.2. The van der Waals surface area contributed by atoms with Crippen molar-refractivity contribution in [2.24, 2.45) is 0 Å². The molecule has 58 heavy (non-hydrogen) atoms. The van der Waals surface area contributed by atoms with Crippen LogP contribution in [0.25, 0.3) is 0 Å². The van der Waals surface area contributed by atoms with Crippen LogP contribution in [0.5, 0.6) is 34.5 Å². The molecule has 0 aromatic heterocycles. The third kappa shape index (κ3) is 8.47. The monoisotopic (exact) mass is 898 g/mol. The molecule has 6 aromatic carbocycles. The highest BCUT2D eigenvalue weighted by Crippen LogP contribution is 2.50. The number of halogens is 6. The van der Waals surface area contributed by atoms with Crippen LogP contribution in [0.3, 0.4) is 0 Å². The van der Waals surface area contributed by atoms with Crippen molar-refractivity contribution in [1.29, 1.82) is 0 Å². The standard InChI is InChI=1S/C46H40Cl6O6/c1-20(31-10-25(47)6-8-41(31)53)33-12-27(49)14-35(43(33)55)22(3)37-16-29(51)18-39(45(37)57)24(5)40-19-30(52)17-38(46(40)58)23(4)36-15-28(50)13-34(44(36)56)21(2)32-11-26(48)7-9-42(32)54/h6-24,53-58H,1-5H3. The Labute approximate surface area is 367 Å². The highest BCUT2D eigenvalue weighted by molar-refractivity contribution is 6.32. The fourth-order valence-electron chi connectivity index (χ4n) is 7.79. The second kappa shape index (κ2) is 17.2. The molecule has 12 heteroatoms. The zero-order valence-corrected chi connectivity index (χ0v) is 36.5. The maximum absolute atomic E-state index is 11.9. The predicted octanol–water partition coefficient (Wildman–Crippen LogP) is 14.6. The summed E-state index contributed by atoms with van der Waals surface area (Å²) in [5.74, 6) is -3.31. The van der Waals surface area contributed by atoms with Crippen molar-refractivity contribution in [2.45, 2.75) is 64.2 Å². The van der Waals surface area contributed by atoms with E-state index in [4.69, 9.17) is 69.6 Å². The summed E-state index contributed by atoms with van der Waals surface area (Å²) in [4.78, 5) is 0. The molecule has 0 amide bonds. The summed E-state index contributed by atoms with van der Waals surface area (Å²) in [7, 11) is 0. The molecule has 6 N–H and O–H groups in total. The van der Waals surface area contributed by atoms with Crippen LogP contribution in [0.4, 0.5) is 0 Å². The third-order valence-corrected chi connectivity index (χ3v) is 12.5. The molecule has 0 bridgehead atoms. The van der Waals surface area contributed by atoms with Crippen LogP contribution in [0, 0.1) is 0 Å². The number of aromatic hydroxyl groups is 6. The maximum Gasteiger partial charge on any atom is 0.123 e. The van der Waals surface area contributed by atoms with Gasteiger partial charge in [-0.15, -0.1) is 0 Å². The largest absolute Gasteiger partial charge is 0.508 e. The van der Waals surface area contributed by atoms with E-state index in [1.165, 1.54) is 12.1 Å². The summed E-state index contributed by atoms with van der Waals surface area (Å²) in [6.45, 7) is 9.02. The van der Waals surface area contributed by atoms with Crippen molar-refractivity contribution in [3.05, 3.63) is 171 Å². The Morgan fingerprint density at radius 3 is 0.655 bits per heavy atom. The van der Waals surface area contributed by atoms with Gasteiger partial charge in [0.05, 0.1) is 0 Å². The molecule has 6 rings (SSSR count). The number of hydrogen-bond acceptors (Lipinski definition) is 6. The van der Waals surface area contributed by atoms with Crippen LogP contribution in [-0.2, 0) is 0 Å². The third-order valence-electron chi connectivity index (χ3n) is 11.2. The summed E-state index contributed by atoms with van der Waals surface area (Å²) in [6, 6.07) is 22.3. The molecular formula is C46H40Cl6O6. The lowest BCUT2D eigenvalue weighted by Crippen LogP contribution is -2.07. The molecule has 4 unspecified atom stereocenters. The van der Waals surface area contributed by atoms with Crippen molar-refractivity contribution in [2.75, 3.05) is 0 Å². The molecule has 0 saturated heterocycles. The maximum atomic E-state index is 11.9. The highest BCUT2D eigenvalue weighted by Gasteiger charge is 2.30. The Balaban J connectivity index is 1.39. The Morgan fingerprint density at radius 1 is 0.276 bits per heavy atom. The Kier molecular flexibility index (Phi) is 12.9. The highest BCUT2D eigenvalue weighted by atomic mass is 35.5. The second-order valence-electron chi connectivity index (χ2n) is 14.7. The molecule has 0 aliphatic rings. The van der Waals surface area contributed by atoms with E-state index in [9.17, 15) is 30.6 Å². The van der Waals surface area contributed by atoms with Crippen LogP contribution in [0.15, 0.2) is 84.9 Å². The first-order chi connectivity index (χ1) is 27.3. The Morgan fingerprint density at radius 2 is 0.448 bits per heavy atom. The first-order valence-corrected chi connectivity index (χ1v) is 20.6. The smallest absolute Gasteiger partial charge is 0.123 e. The Hall–Kier alpha value is -4.14. The second-order valence-corrected chi connectivity index (χ2v) is 17.4. The molecule has 302 valence electrons. The molecule has 6 nitrogen and oxygen atoms in total. The van der Waals surface area contributed by atoms with E-state index in [0.29, 0.717) is 85.8 Å². The SMILES string of the molecule is CC(c1cc(Cl)ccc1O)c1cc(Cl)cc(C(C)c2cc(Cl)cc(C(C)c3cc(Cl)cc(C(C)c4cc(Cl)cc(C(C)c5cc(Cl)ccc5O)c4O)c3O)c2O)c1O. The van der Waals surface area contributed by atoms with Gasteiger partial charge in [0, 0.05) is 115 Å². The van der Waals surface area contributed by atoms with Crippen molar-refractivity contribution >= 4 is 69.6 Å². The van der Waals surface area contributed by atoms with E-state index in [1.54, 1.807) is 93.6 Å². The Bertz CT molecular complexity index is 2380. The lowest BCUT2D eigenvalue weighted by Gasteiger charge is -2.25. The number of phenols is 6. The first-order valence-electron chi connectivity index (χ1n) is 18.3. The van der Waals surface area contributed by atoms with Gasteiger partial charge in [0.15, 0.2) is 0 Å². The predicted molar refractivity (Wildman–Crippen MR) is 236 cm³/mol. The van der Waals surface area contributed by atoms with Gasteiger partial charge in [-0.05, 0) is 84.9 Å². The number of benzene rings is 6. The van der Waals surface area contributed by atoms with Crippen LogP contribution < -0.4 is 0 Å². The van der Waals surface area contributed by atoms with Crippen LogP contribution in [-0.4, -0.2) is 30.6 Å². The van der Waals surface area contributed by atoms with E-state index >= 15 is 0 Å². The minimum Gasteiger partial charge on any atom is -0.508 e. The van der Waals surface area contributed by atoms with Crippen molar-refractivity contribution < 1.29 is 30.6 Å². The van der Waals surface area contributed by atoms with Crippen LogP contribution >= 0.6 is 69.6 Å². The molecule has 0 spiro atoms. The van der Waals surface area contributed by atoms with Gasteiger partial charge in [-0.2, -0.15) is 0 Å². The van der Waals surface area contributed by atoms with Gasteiger partial charge in [-0.25, -0.2) is 0 Å². The molecule has 0 aliphatic carbocycles. The molecule has 0 fully saturated rings. The summed E-state index contributed by atoms with van der Waals surface area (Å²) in [5.41, 5.74) is 4.26. The molecule has 0 saturated carbocycles. The molecule has 0 aliphatic heterocycles. The minimum absolute atomic E-state index is 0.0116. The minimum atomic E-state index is -0.669. The lowest BCUT2D eigenvalue weighted by atomic mass is 9.82. The van der Waals surface area contributed by atoms with E-state index in [1.807, 2.05) is 13.8 Å². The van der Waals surface area contributed by atoms with Crippen molar-refractivity contribution in [1.82, 2.24) is 0 Å². The van der Waals surface area contributed by atoms with Crippen molar-refractivity contribution in [3.63, 3.8) is 0 Å². The lowest BCUT2D eigenvalue weighted by molar-refractivity contribution is 0.442. The van der Waals surface area contributed by atoms with Crippen LogP contribution in [0.2, 0.25) is 30.1 Å². The van der Waals surface area contributed by atoms with Gasteiger partial charge >= 0.3 is 0 Å². The van der Waals surface area contributed by atoms with Gasteiger partial charge in [0.1, 0.15) is 34.5 Å². The number of rotatable bonds is 10. The van der Waals surface area contributed by atoms with Gasteiger partial charge < -0.3 is 30.6 Å². The summed E-state index contributed by atoms with van der Waals surface area (Å²) >= 11 is 39.2. The molecule has 6 aromatic rings. The number of phenolic OH excluding ortho intramolecular Hbond substituents is 6. The van der Waals surface area contributed by atoms with Crippen molar-refractivity contribution in [3.8, 4) is 34.5 Å². The first kappa shape index (κ1) is 43.4. The fraction of sp³-hybridized carbons (Fsp3) is 0.217. The van der Waals surface area contributed by atoms with Gasteiger partial charge in [0.25, 0.3) is 0 Å². The zero-order valence-electron chi connectivity index (χ0n) is 31.9. The zero-order chi connectivity index (χ0) is 42.5. The summed E-state index contributed by atoms with van der Waals surface area (Å²) in [6.07, 6.45) is 0. The average molecular weight is 902 g/mol. The van der Waals surface area contributed by atoms with E-state index in [2.05, 4.69) is 0 Å². The quantitative estimate of drug-likeness (QED) is 0.0814. The van der Waals surface area contributed by atoms with Crippen LogP contribution in [0.1, 0.15) is 120 Å². The van der Waals surface area contributed by atoms with E-state index < -0.39 is 29.6 Å². The fourth-order valence-corrected chi connectivity index (χ4v) is 9.09. The number of hydrogen-bond donors (Lipinski definition) is 6. The topological polar surface area (TPSA) is 121 Å². The summed E-state index contributed by atoms with van der Waals surface area (Å²) in [5, 5.41) is 70.6. The van der Waals surface area contributed by atoms with E-state index in [-0.39, 0.29) is 34.5 Å². The van der Waals surface area contributed by atoms with Gasteiger partial charge in [0.2, 0.25) is 0 Å². The molecule has 0 radical (unpaired) electrons. The molecule has 4 atom stereocenters. The summed E-state index contributed by atoms with van der Waals surface area (Å²) < 4.78 is 0. The average Bonchev–Trinajstić information content (AvgIpc) is 3.18. The molecule has 0 heterocycles. The van der Waals surface area contributed by atoms with Gasteiger partial charge in [-0.1, -0.05) is 104 Å².